The molecule has 18 heteroatoms. The number of hydrogen-bond donors (Lipinski definition) is 3. The molecule has 6 aliphatic rings. The molecule has 10 rings (SSSR count). The number of nitrogens with zero attached hydrogens (tertiary/aromatic N) is 8. The number of halogens is 1. The Hall–Kier alpha value is -5.78. The van der Waals surface area contributed by atoms with Gasteiger partial charge >= 0.3 is 0 Å². The van der Waals surface area contributed by atoms with Crippen molar-refractivity contribution in [3.8, 4) is 5.75 Å². The van der Waals surface area contributed by atoms with Gasteiger partial charge in [0.2, 0.25) is 17.8 Å². The zero-order valence-electron chi connectivity index (χ0n) is 39.3. The van der Waals surface area contributed by atoms with Gasteiger partial charge in [-0.2, -0.15) is 4.98 Å². The Bertz CT molecular complexity index is 2680. The smallest absolute Gasteiger partial charge is 0.293 e. The third-order valence-electron chi connectivity index (χ3n) is 15.4. The van der Waals surface area contributed by atoms with Crippen LogP contribution in [0.1, 0.15) is 87.2 Å². The van der Waals surface area contributed by atoms with E-state index in [9.17, 15) is 24.0 Å². The second kappa shape index (κ2) is 19.0. The van der Waals surface area contributed by atoms with Crippen LogP contribution in [0.25, 0.3) is 10.9 Å². The molecule has 0 radical (unpaired) electrons. The first-order valence-electron chi connectivity index (χ1n) is 24.4. The molecular weight excluding hydrogens is 886 g/mol. The van der Waals surface area contributed by atoms with Crippen LogP contribution in [0.15, 0.2) is 53.5 Å². The predicted octanol–water partition coefficient (Wildman–Crippen LogP) is 4.94. The average molecular weight is 949 g/mol. The number of rotatable bonds is 12. The monoisotopic (exact) mass is 947 g/mol. The van der Waals surface area contributed by atoms with Crippen LogP contribution in [-0.2, 0) is 20.9 Å². The average Bonchev–Trinajstić information content (AvgIpc) is 4.04. The number of hydrogen-bond acceptors (Lipinski definition) is 13. The van der Waals surface area contributed by atoms with Gasteiger partial charge < -0.3 is 39.5 Å². The highest BCUT2D eigenvalue weighted by molar-refractivity contribution is 6.33. The van der Waals surface area contributed by atoms with E-state index in [0.29, 0.717) is 52.7 Å². The van der Waals surface area contributed by atoms with Gasteiger partial charge in [-0.25, -0.2) is 4.98 Å². The van der Waals surface area contributed by atoms with Crippen molar-refractivity contribution in [2.24, 2.45) is 11.3 Å². The standard InChI is InChI=1S/C50H62ClN11O6/c1-31(2)62-40-7-4-35(22-33(40)24-42(48(62)67)68-28-44(64)52-3)54-45-39(51)25-53-49(56-45)59-18-12-36(13-19-59)60-21-15-50(30-60)14-20-57(29-50)26-32-10-16-58(17-11-32)37-5-6-38-34(23-37)27-61(47(38)66)41-8-9-43(63)55-46(41)65/h4-7,22-25,31-32,36,41H,8-21,26-30H2,1-3H3,(H,52,64)(H,53,54,56)(H,55,63,65). The number of benzene rings is 2. The number of aromatic nitrogens is 3. The minimum Gasteiger partial charge on any atom is -0.478 e. The lowest BCUT2D eigenvalue weighted by atomic mass is 9.86. The Morgan fingerprint density at radius 2 is 1.71 bits per heavy atom. The van der Waals surface area contributed by atoms with Crippen LogP contribution in [0, 0.1) is 11.3 Å². The van der Waals surface area contributed by atoms with Crippen molar-refractivity contribution in [2.75, 3.05) is 87.7 Å². The largest absolute Gasteiger partial charge is 0.478 e. The lowest BCUT2D eigenvalue weighted by Crippen LogP contribution is -2.52. The first-order chi connectivity index (χ1) is 32.8. The Balaban J connectivity index is 0.695. The molecule has 0 saturated carbocycles. The number of nitrogens with one attached hydrogen (secondary N) is 3. The molecule has 4 amide bonds. The number of carbonyl (C=O) groups is 4. The molecule has 2 aromatic heterocycles. The van der Waals surface area contributed by atoms with Gasteiger partial charge in [-0.15, -0.1) is 0 Å². The summed E-state index contributed by atoms with van der Waals surface area (Å²) in [4.78, 5) is 84.0. The van der Waals surface area contributed by atoms with Crippen molar-refractivity contribution in [2.45, 2.75) is 89.9 Å². The summed E-state index contributed by atoms with van der Waals surface area (Å²) in [6.07, 6.45) is 9.20. The maximum Gasteiger partial charge on any atom is 0.293 e. The van der Waals surface area contributed by atoms with E-state index in [-0.39, 0.29) is 54.0 Å². The van der Waals surface area contributed by atoms with Crippen molar-refractivity contribution >= 4 is 69.3 Å². The van der Waals surface area contributed by atoms with Crippen LogP contribution < -0.4 is 36.0 Å². The lowest BCUT2D eigenvalue weighted by molar-refractivity contribution is -0.137. The molecule has 6 aliphatic heterocycles. The molecule has 8 heterocycles. The van der Waals surface area contributed by atoms with Gasteiger partial charge in [-0.05, 0) is 131 Å². The van der Waals surface area contributed by atoms with Crippen molar-refractivity contribution in [1.29, 1.82) is 0 Å². The molecular formula is C50H62ClN11O6. The van der Waals surface area contributed by atoms with Gasteiger partial charge in [-0.3, -0.25) is 34.2 Å². The molecule has 2 unspecified atom stereocenters. The SMILES string of the molecule is CNC(=O)COc1cc2cc(Nc3nc(N4CCC(N5CCC6(CCN(CC7CCN(c8ccc9c(c8)CN(C8CCC(=O)NC8=O)C9=O)CC7)C6)C5)CC4)ncc3Cl)ccc2n(C(C)C)c1=O. The number of piperidine rings is 3. The highest BCUT2D eigenvalue weighted by atomic mass is 35.5. The van der Waals surface area contributed by atoms with E-state index in [1.54, 1.807) is 21.7 Å². The fourth-order valence-electron chi connectivity index (χ4n) is 11.7. The summed E-state index contributed by atoms with van der Waals surface area (Å²) in [6.45, 7) is 13.6. The summed E-state index contributed by atoms with van der Waals surface area (Å²) in [7, 11) is 1.52. The molecule has 2 aromatic carbocycles. The molecule has 1 spiro atoms. The zero-order valence-corrected chi connectivity index (χ0v) is 40.0. The molecule has 5 fully saturated rings. The predicted molar refractivity (Wildman–Crippen MR) is 261 cm³/mol. The number of anilines is 4. The summed E-state index contributed by atoms with van der Waals surface area (Å²) in [6, 6.07) is 13.3. The molecule has 0 aliphatic carbocycles. The number of likely N-dealkylation sites (N-methyl/N-ethyl adjacent to an activating group) is 1. The normalized spacial score (nSPS) is 23.0. The highest BCUT2D eigenvalue weighted by Crippen LogP contribution is 2.42. The second-order valence-corrected chi connectivity index (χ2v) is 20.5. The van der Waals surface area contributed by atoms with Crippen molar-refractivity contribution < 1.29 is 23.9 Å². The summed E-state index contributed by atoms with van der Waals surface area (Å²) < 4.78 is 7.31. The third-order valence-corrected chi connectivity index (χ3v) is 15.7. The van der Waals surface area contributed by atoms with Gasteiger partial charge in [-0.1, -0.05) is 11.6 Å². The zero-order chi connectivity index (χ0) is 47.3. The van der Waals surface area contributed by atoms with Crippen molar-refractivity contribution in [3.05, 3.63) is 75.2 Å². The molecule has 5 saturated heterocycles. The molecule has 4 aromatic rings. The second-order valence-electron chi connectivity index (χ2n) is 20.1. The Morgan fingerprint density at radius 1 is 0.926 bits per heavy atom. The Morgan fingerprint density at radius 3 is 2.47 bits per heavy atom. The molecule has 68 heavy (non-hydrogen) atoms. The number of pyridine rings is 1. The molecule has 17 nitrogen and oxygen atoms in total. The number of amides is 4. The minimum atomic E-state index is -0.596. The van der Waals surface area contributed by atoms with Gasteiger partial charge in [0.15, 0.2) is 18.2 Å². The van der Waals surface area contributed by atoms with Crippen molar-refractivity contribution in [3.63, 3.8) is 0 Å². The molecule has 3 N–H and O–H groups in total. The maximum atomic E-state index is 13.3. The summed E-state index contributed by atoms with van der Waals surface area (Å²) >= 11 is 6.66. The van der Waals surface area contributed by atoms with E-state index in [4.69, 9.17) is 21.3 Å². The summed E-state index contributed by atoms with van der Waals surface area (Å²) in [5.41, 5.74) is 4.33. The number of likely N-dealkylation sites (tertiary alicyclic amines) is 2. The number of ether oxygens (including phenoxy) is 1. The maximum absolute atomic E-state index is 13.3. The first kappa shape index (κ1) is 46.0. The van der Waals surface area contributed by atoms with E-state index in [0.717, 1.165) is 92.8 Å². The Labute approximate surface area is 401 Å². The van der Waals surface area contributed by atoms with Crippen LogP contribution >= 0.6 is 11.6 Å². The number of fused-ring (bicyclic) bond motifs is 2. The minimum absolute atomic E-state index is 0.107. The summed E-state index contributed by atoms with van der Waals surface area (Å²) in [5, 5.41) is 9.47. The van der Waals surface area contributed by atoms with Crippen LogP contribution in [0.3, 0.4) is 0 Å². The Kier molecular flexibility index (Phi) is 12.8. The molecule has 360 valence electrons. The quantitative estimate of drug-likeness (QED) is 0.163. The van der Waals surface area contributed by atoms with Gasteiger partial charge in [0, 0.05) is 100 Å². The first-order valence-corrected chi connectivity index (χ1v) is 24.8. The van der Waals surface area contributed by atoms with Crippen molar-refractivity contribution in [1.82, 2.24) is 39.9 Å². The van der Waals surface area contributed by atoms with Gasteiger partial charge in [0.1, 0.15) is 11.1 Å². The van der Waals surface area contributed by atoms with Crippen LogP contribution in [0.2, 0.25) is 5.02 Å². The van der Waals surface area contributed by atoms with E-state index in [1.807, 2.05) is 38.1 Å². The number of carbonyl (C=O) groups excluding carboxylic acids is 4. The van der Waals surface area contributed by atoms with Gasteiger partial charge in [0.05, 0.1) is 11.7 Å². The fourth-order valence-corrected chi connectivity index (χ4v) is 11.8. The van der Waals surface area contributed by atoms with E-state index in [2.05, 4.69) is 52.7 Å². The van der Waals surface area contributed by atoms with E-state index in [1.165, 1.54) is 39.5 Å². The molecule has 2 atom stereocenters. The van der Waals surface area contributed by atoms with Gasteiger partial charge in [0.25, 0.3) is 17.4 Å². The number of imide groups is 1. The fraction of sp³-hybridized carbons (Fsp3) is 0.540. The van der Waals surface area contributed by atoms with Crippen LogP contribution in [0.4, 0.5) is 23.1 Å². The van der Waals surface area contributed by atoms with Crippen LogP contribution in [-0.4, -0.2) is 138 Å². The lowest BCUT2D eigenvalue weighted by Gasteiger charge is -2.38. The topological polar surface area (TPSA) is 178 Å². The van der Waals surface area contributed by atoms with E-state index >= 15 is 0 Å². The van der Waals surface area contributed by atoms with Crippen LogP contribution in [0.5, 0.6) is 5.75 Å². The third kappa shape index (κ3) is 9.24. The summed E-state index contributed by atoms with van der Waals surface area (Å²) in [5.74, 6) is 0.826. The molecule has 0 bridgehead atoms. The highest BCUT2D eigenvalue weighted by Gasteiger charge is 2.46. The van der Waals surface area contributed by atoms with E-state index < -0.39 is 6.04 Å².